The molecule has 1 rings (SSSR count). The fraction of sp³-hybridized carbons (Fsp3) is 0.417. The Morgan fingerprint density at radius 1 is 1.53 bits per heavy atom. The lowest BCUT2D eigenvalue weighted by molar-refractivity contribution is 0.0570. The van der Waals surface area contributed by atoms with Gasteiger partial charge in [-0.3, -0.25) is 4.79 Å². The number of methoxy groups -OCH3 is 1. The first kappa shape index (κ1) is 15.5. The van der Waals surface area contributed by atoms with Crippen molar-refractivity contribution < 1.29 is 23.4 Å². The number of alkyl halides is 3. The van der Waals surface area contributed by atoms with E-state index in [-0.39, 0.29) is 29.5 Å². The molecule has 1 amide bonds. The fourth-order valence-corrected chi connectivity index (χ4v) is 1.75. The van der Waals surface area contributed by atoms with Gasteiger partial charge in [0.1, 0.15) is 0 Å². The first-order valence-electron chi connectivity index (χ1n) is 5.50. The fourth-order valence-electron chi connectivity index (χ4n) is 1.55. The second-order valence-corrected chi connectivity index (χ2v) is 4.10. The molecule has 4 nitrogen and oxygen atoms in total. The average Bonchev–Trinajstić information content (AvgIpc) is 2.36. The van der Waals surface area contributed by atoms with Gasteiger partial charge in [-0.1, -0.05) is 0 Å². The predicted molar refractivity (Wildman–Crippen MR) is 67.3 cm³/mol. The lowest BCUT2D eigenvalue weighted by Gasteiger charge is -2.21. The smallest absolute Gasteiger partial charge is 0.255 e. The molecule has 0 aliphatic rings. The number of nitrogens with zero attached hydrogens (tertiary/aromatic N) is 1. The number of benzene rings is 1. The van der Waals surface area contributed by atoms with Crippen LogP contribution < -0.4 is 4.74 Å². The number of rotatable bonds is 6. The third kappa shape index (κ3) is 4.24. The number of amides is 1. The van der Waals surface area contributed by atoms with E-state index < -0.39 is 18.9 Å². The summed E-state index contributed by atoms with van der Waals surface area (Å²) in [4.78, 5) is 12.9. The lowest BCUT2D eigenvalue weighted by Crippen LogP contribution is -2.36. The van der Waals surface area contributed by atoms with Crippen LogP contribution in [-0.4, -0.2) is 48.4 Å². The van der Waals surface area contributed by atoms with Gasteiger partial charge >= 0.3 is 0 Å². The van der Waals surface area contributed by atoms with Crippen LogP contribution in [0, 0.1) is 0 Å². The van der Waals surface area contributed by atoms with Gasteiger partial charge in [0.25, 0.3) is 12.3 Å². The van der Waals surface area contributed by atoms with E-state index in [0.717, 1.165) is 4.90 Å². The van der Waals surface area contributed by atoms with Crippen LogP contribution >= 0.6 is 11.6 Å². The Hall–Kier alpha value is -1.56. The van der Waals surface area contributed by atoms with E-state index in [1.165, 1.54) is 25.3 Å². The molecule has 0 bridgehead atoms. The molecule has 0 spiro atoms. The van der Waals surface area contributed by atoms with Gasteiger partial charge in [0, 0.05) is 18.0 Å². The standard InChI is InChI=1S/C12H14ClF2NO3/c1-19-10-3-2-8(6-9(10)17)12(18)16(5-4-13)7-11(14)15/h2-3,6,11,17H,4-5,7H2,1H3. The largest absolute Gasteiger partial charge is 0.504 e. The highest BCUT2D eigenvalue weighted by Crippen LogP contribution is 2.26. The molecule has 1 aromatic carbocycles. The molecular weight excluding hydrogens is 280 g/mol. The molecule has 19 heavy (non-hydrogen) atoms. The molecule has 1 aromatic rings. The number of hydrogen-bond donors (Lipinski definition) is 1. The van der Waals surface area contributed by atoms with Crippen LogP contribution in [0.4, 0.5) is 8.78 Å². The molecule has 0 aliphatic carbocycles. The second kappa shape index (κ2) is 7.13. The van der Waals surface area contributed by atoms with E-state index in [4.69, 9.17) is 16.3 Å². The number of phenolic OH excluding ortho intramolecular Hbond substituents is 1. The van der Waals surface area contributed by atoms with Crippen molar-refractivity contribution in [2.24, 2.45) is 0 Å². The highest BCUT2D eigenvalue weighted by atomic mass is 35.5. The van der Waals surface area contributed by atoms with Crippen molar-refractivity contribution in [1.29, 1.82) is 0 Å². The summed E-state index contributed by atoms with van der Waals surface area (Å²) >= 11 is 5.48. The Bertz CT molecular complexity index is 443. The molecule has 0 fully saturated rings. The Morgan fingerprint density at radius 3 is 2.68 bits per heavy atom. The first-order valence-corrected chi connectivity index (χ1v) is 6.03. The number of phenols is 1. The van der Waals surface area contributed by atoms with Crippen molar-refractivity contribution >= 4 is 17.5 Å². The maximum absolute atomic E-state index is 12.4. The summed E-state index contributed by atoms with van der Waals surface area (Å²) in [5.41, 5.74) is 0.101. The molecule has 0 aromatic heterocycles. The van der Waals surface area contributed by atoms with Crippen molar-refractivity contribution in [2.45, 2.75) is 6.43 Å². The van der Waals surface area contributed by atoms with E-state index in [1.54, 1.807) is 0 Å². The summed E-state index contributed by atoms with van der Waals surface area (Å²) < 4.78 is 29.6. The molecule has 106 valence electrons. The molecule has 0 heterocycles. The monoisotopic (exact) mass is 293 g/mol. The van der Waals surface area contributed by atoms with Gasteiger partial charge in [0.2, 0.25) is 0 Å². The number of carbonyl (C=O) groups excluding carboxylic acids is 1. The molecule has 0 radical (unpaired) electrons. The molecule has 0 atom stereocenters. The summed E-state index contributed by atoms with van der Waals surface area (Å²) in [5.74, 6) is -0.579. The molecule has 0 saturated heterocycles. The highest BCUT2D eigenvalue weighted by Gasteiger charge is 2.20. The summed E-state index contributed by atoms with van der Waals surface area (Å²) in [6.07, 6.45) is -2.64. The van der Waals surface area contributed by atoms with Crippen LogP contribution in [0.1, 0.15) is 10.4 Å². The summed E-state index contributed by atoms with van der Waals surface area (Å²) in [6.45, 7) is -0.685. The van der Waals surface area contributed by atoms with Crippen LogP contribution in [0.5, 0.6) is 11.5 Å². The Labute approximate surface area is 114 Å². The number of aromatic hydroxyl groups is 1. The summed E-state index contributed by atoms with van der Waals surface area (Å²) in [6, 6.07) is 3.96. The zero-order valence-corrected chi connectivity index (χ0v) is 11.0. The summed E-state index contributed by atoms with van der Waals surface area (Å²) in [7, 11) is 1.37. The molecule has 0 aliphatic heterocycles. The number of hydrogen-bond acceptors (Lipinski definition) is 3. The van der Waals surface area contributed by atoms with E-state index in [2.05, 4.69) is 0 Å². The molecule has 7 heteroatoms. The topological polar surface area (TPSA) is 49.8 Å². The number of ether oxygens (including phenoxy) is 1. The SMILES string of the molecule is COc1ccc(C(=O)N(CCCl)CC(F)F)cc1O. The van der Waals surface area contributed by atoms with Crippen LogP contribution in [0.2, 0.25) is 0 Å². The van der Waals surface area contributed by atoms with Crippen molar-refractivity contribution in [3.05, 3.63) is 23.8 Å². The lowest BCUT2D eigenvalue weighted by atomic mass is 10.1. The Balaban J connectivity index is 2.92. The van der Waals surface area contributed by atoms with Crippen LogP contribution in [-0.2, 0) is 0 Å². The first-order chi connectivity index (χ1) is 8.99. The zero-order valence-electron chi connectivity index (χ0n) is 10.3. The minimum atomic E-state index is -2.64. The van der Waals surface area contributed by atoms with Gasteiger partial charge in [0.05, 0.1) is 13.7 Å². The van der Waals surface area contributed by atoms with E-state index in [1.807, 2.05) is 0 Å². The van der Waals surface area contributed by atoms with Crippen molar-refractivity contribution in [3.8, 4) is 11.5 Å². The average molecular weight is 294 g/mol. The predicted octanol–water partition coefficient (Wildman–Crippen LogP) is 2.35. The summed E-state index contributed by atoms with van der Waals surface area (Å²) in [5, 5.41) is 9.56. The van der Waals surface area contributed by atoms with Gasteiger partial charge in [-0.15, -0.1) is 11.6 Å². The van der Waals surface area contributed by atoms with Gasteiger partial charge in [-0.25, -0.2) is 8.78 Å². The molecule has 0 saturated carbocycles. The molecule has 1 N–H and O–H groups in total. The van der Waals surface area contributed by atoms with Gasteiger partial charge in [-0.2, -0.15) is 0 Å². The minimum Gasteiger partial charge on any atom is -0.504 e. The van der Waals surface area contributed by atoms with E-state index >= 15 is 0 Å². The van der Waals surface area contributed by atoms with Crippen LogP contribution in [0.3, 0.4) is 0 Å². The van der Waals surface area contributed by atoms with E-state index in [9.17, 15) is 18.7 Å². The maximum Gasteiger partial charge on any atom is 0.255 e. The normalized spacial score (nSPS) is 10.6. The van der Waals surface area contributed by atoms with Crippen LogP contribution in [0.25, 0.3) is 0 Å². The van der Waals surface area contributed by atoms with Crippen molar-refractivity contribution in [2.75, 3.05) is 26.1 Å². The second-order valence-electron chi connectivity index (χ2n) is 3.72. The highest BCUT2D eigenvalue weighted by molar-refractivity contribution is 6.18. The number of carbonyl (C=O) groups is 1. The minimum absolute atomic E-state index is 0.0114. The Kier molecular flexibility index (Phi) is 5.82. The van der Waals surface area contributed by atoms with Gasteiger partial charge in [0.15, 0.2) is 11.5 Å². The quantitative estimate of drug-likeness (QED) is 0.819. The number of halogens is 3. The zero-order chi connectivity index (χ0) is 14.4. The van der Waals surface area contributed by atoms with E-state index in [0.29, 0.717) is 0 Å². The van der Waals surface area contributed by atoms with Crippen molar-refractivity contribution in [1.82, 2.24) is 4.90 Å². The molecular formula is C12H14ClF2NO3. The van der Waals surface area contributed by atoms with Crippen molar-refractivity contribution in [3.63, 3.8) is 0 Å². The maximum atomic E-state index is 12.4. The van der Waals surface area contributed by atoms with Gasteiger partial charge in [-0.05, 0) is 18.2 Å². The third-order valence-electron chi connectivity index (χ3n) is 2.43. The Morgan fingerprint density at radius 2 is 2.21 bits per heavy atom. The third-order valence-corrected chi connectivity index (χ3v) is 2.59. The molecule has 0 unspecified atom stereocenters. The van der Waals surface area contributed by atoms with Gasteiger partial charge < -0.3 is 14.7 Å². The van der Waals surface area contributed by atoms with Crippen LogP contribution in [0.15, 0.2) is 18.2 Å².